The molecule has 0 spiro atoms. The molecule has 0 aromatic heterocycles. The summed E-state index contributed by atoms with van der Waals surface area (Å²) in [4.78, 5) is 12.5. The Hall–Kier alpha value is -1.51. The minimum atomic E-state index is 0.0115. The van der Waals surface area contributed by atoms with Crippen LogP contribution >= 0.6 is 0 Å². The predicted molar refractivity (Wildman–Crippen MR) is 81.9 cm³/mol. The lowest BCUT2D eigenvalue weighted by molar-refractivity contribution is -0.123. The van der Waals surface area contributed by atoms with E-state index in [1.54, 1.807) is 0 Å². The zero-order chi connectivity index (χ0) is 14.0. The molecular formula is C17H24N2O. The fourth-order valence-corrected chi connectivity index (χ4v) is 3.57. The standard InChI is InChI=1S/C17H24N2O/c1-17(9-4-5-10-17)12-19-16(20)14-8-11-18-15-7-3-2-6-13(14)15/h2-3,6-7,14,18H,4-5,8-12H2,1H3,(H,19,20). The minimum absolute atomic E-state index is 0.0115. The fraction of sp³-hybridized carbons (Fsp3) is 0.588. The van der Waals surface area contributed by atoms with E-state index in [1.807, 2.05) is 12.1 Å². The van der Waals surface area contributed by atoms with Crippen molar-refractivity contribution >= 4 is 11.6 Å². The highest BCUT2D eigenvalue weighted by atomic mass is 16.1. The summed E-state index contributed by atoms with van der Waals surface area (Å²) < 4.78 is 0. The molecule has 1 aromatic carbocycles. The largest absolute Gasteiger partial charge is 0.385 e. The zero-order valence-electron chi connectivity index (χ0n) is 12.2. The van der Waals surface area contributed by atoms with Gasteiger partial charge in [-0.2, -0.15) is 0 Å². The van der Waals surface area contributed by atoms with Crippen molar-refractivity contribution in [1.29, 1.82) is 0 Å². The maximum absolute atomic E-state index is 12.5. The molecule has 1 fully saturated rings. The normalized spacial score (nSPS) is 23.8. The Morgan fingerprint density at radius 3 is 2.90 bits per heavy atom. The van der Waals surface area contributed by atoms with E-state index in [-0.39, 0.29) is 11.8 Å². The molecule has 1 unspecified atom stereocenters. The summed E-state index contributed by atoms with van der Waals surface area (Å²) in [6.07, 6.45) is 6.00. The molecule has 1 saturated carbocycles. The van der Waals surface area contributed by atoms with Gasteiger partial charge in [0, 0.05) is 18.8 Å². The first-order valence-electron chi connectivity index (χ1n) is 7.78. The van der Waals surface area contributed by atoms with Crippen LogP contribution in [0.3, 0.4) is 0 Å². The van der Waals surface area contributed by atoms with Gasteiger partial charge >= 0.3 is 0 Å². The number of nitrogens with one attached hydrogen (secondary N) is 2. The van der Waals surface area contributed by atoms with Gasteiger partial charge in [0.05, 0.1) is 5.92 Å². The second-order valence-electron chi connectivity index (χ2n) is 6.59. The summed E-state index contributed by atoms with van der Waals surface area (Å²) in [6.45, 7) is 4.01. The van der Waals surface area contributed by atoms with Crippen LogP contribution in [0.15, 0.2) is 24.3 Å². The van der Waals surface area contributed by atoms with Crippen molar-refractivity contribution in [3.63, 3.8) is 0 Å². The van der Waals surface area contributed by atoms with E-state index >= 15 is 0 Å². The maximum atomic E-state index is 12.5. The van der Waals surface area contributed by atoms with Crippen LogP contribution in [0.4, 0.5) is 5.69 Å². The Balaban J connectivity index is 1.66. The summed E-state index contributed by atoms with van der Waals surface area (Å²) in [5.74, 6) is 0.213. The Labute approximate surface area is 121 Å². The molecule has 0 radical (unpaired) electrons. The first kappa shape index (κ1) is 13.5. The van der Waals surface area contributed by atoms with E-state index < -0.39 is 0 Å². The first-order valence-corrected chi connectivity index (χ1v) is 7.78. The molecule has 108 valence electrons. The van der Waals surface area contributed by atoms with Crippen LogP contribution in [0, 0.1) is 5.41 Å². The topological polar surface area (TPSA) is 41.1 Å². The molecule has 2 N–H and O–H groups in total. The lowest BCUT2D eigenvalue weighted by Gasteiger charge is -2.28. The molecule has 0 saturated heterocycles. The third kappa shape index (κ3) is 2.67. The lowest BCUT2D eigenvalue weighted by atomic mass is 9.87. The summed E-state index contributed by atoms with van der Waals surface area (Å²) >= 11 is 0. The molecule has 20 heavy (non-hydrogen) atoms. The van der Waals surface area contributed by atoms with Gasteiger partial charge in [-0.25, -0.2) is 0 Å². The number of hydrogen-bond donors (Lipinski definition) is 2. The molecule has 1 aromatic rings. The number of amides is 1. The van der Waals surface area contributed by atoms with Gasteiger partial charge in [-0.1, -0.05) is 38.0 Å². The molecule has 1 amide bonds. The molecule has 1 heterocycles. The van der Waals surface area contributed by atoms with E-state index in [0.29, 0.717) is 5.41 Å². The molecule has 1 atom stereocenters. The summed E-state index contributed by atoms with van der Waals surface area (Å²) in [7, 11) is 0. The van der Waals surface area contributed by atoms with Gasteiger partial charge in [0.2, 0.25) is 5.91 Å². The highest BCUT2D eigenvalue weighted by Crippen LogP contribution is 2.37. The number of hydrogen-bond acceptors (Lipinski definition) is 2. The quantitative estimate of drug-likeness (QED) is 0.886. The van der Waals surface area contributed by atoms with Crippen molar-refractivity contribution in [2.75, 3.05) is 18.4 Å². The van der Waals surface area contributed by atoms with Crippen LogP contribution in [0.1, 0.15) is 50.5 Å². The van der Waals surface area contributed by atoms with Gasteiger partial charge in [0.25, 0.3) is 0 Å². The van der Waals surface area contributed by atoms with Crippen LogP contribution < -0.4 is 10.6 Å². The van der Waals surface area contributed by atoms with E-state index in [4.69, 9.17) is 0 Å². The van der Waals surface area contributed by atoms with Gasteiger partial charge in [0.1, 0.15) is 0 Å². The number of benzene rings is 1. The van der Waals surface area contributed by atoms with Crippen LogP contribution in [0.2, 0.25) is 0 Å². The molecule has 3 heteroatoms. The molecule has 2 aliphatic rings. The van der Waals surface area contributed by atoms with Crippen LogP contribution in [-0.4, -0.2) is 19.0 Å². The van der Waals surface area contributed by atoms with Crippen molar-refractivity contribution in [2.24, 2.45) is 5.41 Å². The summed E-state index contributed by atoms with van der Waals surface area (Å²) in [5.41, 5.74) is 2.58. The van der Waals surface area contributed by atoms with Crippen LogP contribution in [0.25, 0.3) is 0 Å². The van der Waals surface area contributed by atoms with E-state index in [2.05, 4.69) is 29.7 Å². The average molecular weight is 272 g/mol. The van der Waals surface area contributed by atoms with Crippen LogP contribution in [-0.2, 0) is 4.79 Å². The predicted octanol–water partition coefficient (Wildman–Crippen LogP) is 3.28. The summed E-state index contributed by atoms with van der Waals surface area (Å²) in [5, 5.41) is 6.58. The van der Waals surface area contributed by atoms with Crippen molar-refractivity contribution in [2.45, 2.75) is 44.9 Å². The minimum Gasteiger partial charge on any atom is -0.385 e. The van der Waals surface area contributed by atoms with Crippen molar-refractivity contribution < 1.29 is 4.79 Å². The molecular weight excluding hydrogens is 248 g/mol. The lowest BCUT2D eigenvalue weighted by Crippen LogP contribution is -2.38. The molecule has 1 aliphatic heterocycles. The maximum Gasteiger partial charge on any atom is 0.227 e. The van der Waals surface area contributed by atoms with Gasteiger partial charge < -0.3 is 10.6 Å². The third-order valence-electron chi connectivity index (χ3n) is 4.90. The van der Waals surface area contributed by atoms with Gasteiger partial charge in [-0.05, 0) is 36.3 Å². The second kappa shape index (κ2) is 5.47. The van der Waals surface area contributed by atoms with E-state index in [9.17, 15) is 4.79 Å². The van der Waals surface area contributed by atoms with Gasteiger partial charge in [0.15, 0.2) is 0 Å². The molecule has 3 nitrogen and oxygen atoms in total. The third-order valence-corrected chi connectivity index (χ3v) is 4.90. The monoisotopic (exact) mass is 272 g/mol. The smallest absolute Gasteiger partial charge is 0.227 e. The molecule has 1 aliphatic carbocycles. The number of para-hydroxylation sites is 1. The van der Waals surface area contributed by atoms with Crippen molar-refractivity contribution in [3.05, 3.63) is 29.8 Å². The number of fused-ring (bicyclic) bond motifs is 1. The average Bonchev–Trinajstić information content (AvgIpc) is 2.91. The molecule has 3 rings (SSSR count). The Bertz CT molecular complexity index is 492. The van der Waals surface area contributed by atoms with Crippen molar-refractivity contribution in [3.8, 4) is 0 Å². The summed E-state index contributed by atoms with van der Waals surface area (Å²) in [6, 6.07) is 8.17. The Morgan fingerprint density at radius 2 is 2.10 bits per heavy atom. The Morgan fingerprint density at radius 1 is 1.35 bits per heavy atom. The highest BCUT2D eigenvalue weighted by molar-refractivity contribution is 5.86. The molecule has 0 bridgehead atoms. The zero-order valence-corrected chi connectivity index (χ0v) is 12.2. The second-order valence-corrected chi connectivity index (χ2v) is 6.59. The number of carbonyl (C=O) groups excluding carboxylic acids is 1. The fourth-order valence-electron chi connectivity index (χ4n) is 3.57. The van der Waals surface area contributed by atoms with E-state index in [0.717, 1.165) is 30.8 Å². The first-order chi connectivity index (χ1) is 9.68. The Kier molecular flexibility index (Phi) is 3.68. The van der Waals surface area contributed by atoms with Crippen molar-refractivity contribution in [1.82, 2.24) is 5.32 Å². The number of carbonyl (C=O) groups is 1. The number of rotatable bonds is 3. The van der Waals surface area contributed by atoms with Gasteiger partial charge in [-0.3, -0.25) is 4.79 Å². The van der Waals surface area contributed by atoms with Gasteiger partial charge in [-0.15, -0.1) is 0 Å². The van der Waals surface area contributed by atoms with Crippen LogP contribution in [0.5, 0.6) is 0 Å². The highest BCUT2D eigenvalue weighted by Gasteiger charge is 2.31. The van der Waals surface area contributed by atoms with E-state index in [1.165, 1.54) is 25.7 Å². The SMILES string of the molecule is CC1(CNC(=O)C2CCNc3ccccc32)CCCC1. The number of anilines is 1.